The summed E-state index contributed by atoms with van der Waals surface area (Å²) in [6.07, 6.45) is 5.49. The Labute approximate surface area is 123 Å². The normalized spacial score (nSPS) is 36.0. The molecule has 6 nitrogen and oxygen atoms in total. The number of hydrogen-bond acceptors (Lipinski definition) is 3. The van der Waals surface area contributed by atoms with Crippen LogP contribution < -0.4 is 5.32 Å². The summed E-state index contributed by atoms with van der Waals surface area (Å²) in [5, 5.41) is 12.2. The van der Waals surface area contributed by atoms with Crippen LogP contribution in [-0.4, -0.2) is 46.4 Å². The van der Waals surface area contributed by atoms with Gasteiger partial charge in [-0.3, -0.25) is 9.59 Å². The molecular weight excluding hydrogens is 272 g/mol. The molecule has 3 rings (SSSR count). The second kappa shape index (κ2) is 5.66. The Kier molecular flexibility index (Phi) is 3.87. The monoisotopic (exact) mass is 294 g/mol. The maximum Gasteiger partial charge on any atom is 0.326 e. The predicted molar refractivity (Wildman–Crippen MR) is 74.4 cm³/mol. The van der Waals surface area contributed by atoms with Gasteiger partial charge in [0, 0.05) is 24.9 Å². The number of carboxylic acids is 1. The van der Waals surface area contributed by atoms with Crippen LogP contribution in [0.3, 0.4) is 0 Å². The van der Waals surface area contributed by atoms with Crippen molar-refractivity contribution in [3.63, 3.8) is 0 Å². The molecule has 2 saturated heterocycles. The van der Waals surface area contributed by atoms with Crippen LogP contribution in [0.1, 0.15) is 44.9 Å². The molecule has 0 spiro atoms. The highest BCUT2D eigenvalue weighted by Gasteiger charge is 2.49. The third kappa shape index (κ3) is 2.63. The highest BCUT2D eigenvalue weighted by atomic mass is 16.4. The largest absolute Gasteiger partial charge is 0.480 e. The van der Waals surface area contributed by atoms with Crippen LogP contribution in [0, 0.1) is 11.8 Å². The van der Waals surface area contributed by atoms with E-state index in [0.717, 1.165) is 25.7 Å². The van der Waals surface area contributed by atoms with Crippen LogP contribution in [0.4, 0.5) is 0 Å². The van der Waals surface area contributed by atoms with E-state index in [0.29, 0.717) is 25.3 Å². The number of carboxylic acid groups (broad SMARTS) is 1. The predicted octanol–water partition coefficient (Wildman–Crippen LogP) is 0.757. The fourth-order valence-electron chi connectivity index (χ4n) is 4.20. The van der Waals surface area contributed by atoms with Crippen molar-refractivity contribution in [2.75, 3.05) is 6.54 Å². The lowest BCUT2D eigenvalue weighted by Gasteiger charge is -2.36. The fraction of sp³-hybridized carbons (Fsp3) is 0.800. The quantitative estimate of drug-likeness (QED) is 0.787. The zero-order chi connectivity index (χ0) is 15.0. The number of likely N-dealkylation sites (tertiary alicyclic amines) is 1. The van der Waals surface area contributed by atoms with E-state index < -0.39 is 12.0 Å². The van der Waals surface area contributed by atoms with E-state index in [2.05, 4.69) is 5.32 Å². The summed E-state index contributed by atoms with van der Waals surface area (Å²) in [6, 6.07) is -0.632. The lowest BCUT2D eigenvalue weighted by Crippen LogP contribution is -2.50. The van der Waals surface area contributed by atoms with Gasteiger partial charge in [0.1, 0.15) is 6.04 Å². The summed E-state index contributed by atoms with van der Waals surface area (Å²) in [6.45, 7) is 0.509. The minimum absolute atomic E-state index is 0.0670. The van der Waals surface area contributed by atoms with Crippen molar-refractivity contribution in [2.24, 2.45) is 11.8 Å². The molecular formula is C15H22N2O4. The zero-order valence-electron chi connectivity index (χ0n) is 12.1. The first-order valence-corrected chi connectivity index (χ1v) is 7.89. The molecule has 2 N–H and O–H groups in total. The number of amides is 2. The van der Waals surface area contributed by atoms with Gasteiger partial charge in [-0.15, -0.1) is 0 Å². The van der Waals surface area contributed by atoms with E-state index in [-0.39, 0.29) is 30.2 Å². The Hall–Kier alpha value is -1.59. The molecule has 4 atom stereocenters. The van der Waals surface area contributed by atoms with Crippen molar-refractivity contribution in [3.05, 3.63) is 0 Å². The van der Waals surface area contributed by atoms with Crippen LogP contribution in [0.5, 0.6) is 0 Å². The third-order valence-electron chi connectivity index (χ3n) is 5.22. The van der Waals surface area contributed by atoms with Gasteiger partial charge in [0.25, 0.3) is 0 Å². The Morgan fingerprint density at radius 2 is 1.95 bits per heavy atom. The summed E-state index contributed by atoms with van der Waals surface area (Å²) in [5.74, 6) is -1.15. The molecule has 1 saturated carbocycles. The highest BCUT2D eigenvalue weighted by Crippen LogP contribution is 2.41. The van der Waals surface area contributed by atoms with E-state index in [1.54, 1.807) is 4.90 Å². The minimum Gasteiger partial charge on any atom is -0.480 e. The zero-order valence-corrected chi connectivity index (χ0v) is 12.1. The molecule has 3 fully saturated rings. The van der Waals surface area contributed by atoms with Crippen molar-refractivity contribution < 1.29 is 19.5 Å². The van der Waals surface area contributed by atoms with E-state index >= 15 is 0 Å². The van der Waals surface area contributed by atoms with Gasteiger partial charge in [-0.2, -0.15) is 0 Å². The Morgan fingerprint density at radius 3 is 2.67 bits per heavy atom. The van der Waals surface area contributed by atoms with E-state index in [9.17, 15) is 19.5 Å². The summed E-state index contributed by atoms with van der Waals surface area (Å²) in [5.41, 5.74) is 0. The molecule has 2 amide bonds. The van der Waals surface area contributed by atoms with E-state index in [1.165, 1.54) is 0 Å². The van der Waals surface area contributed by atoms with E-state index in [1.807, 2.05) is 0 Å². The summed E-state index contributed by atoms with van der Waals surface area (Å²) in [7, 11) is 0. The first-order valence-electron chi connectivity index (χ1n) is 7.89. The SMILES string of the molecule is O=C1CC(C(=O)N2C(C(=O)O)CC3CCCCC32)CCN1. The van der Waals surface area contributed by atoms with Crippen molar-refractivity contribution in [1.29, 1.82) is 0 Å². The lowest BCUT2D eigenvalue weighted by molar-refractivity contribution is -0.153. The number of rotatable bonds is 2. The number of hydrogen-bond donors (Lipinski definition) is 2. The Morgan fingerprint density at radius 1 is 1.19 bits per heavy atom. The van der Waals surface area contributed by atoms with Gasteiger partial charge in [-0.1, -0.05) is 12.8 Å². The van der Waals surface area contributed by atoms with Gasteiger partial charge >= 0.3 is 5.97 Å². The first kappa shape index (κ1) is 14.4. The average molecular weight is 294 g/mol. The topological polar surface area (TPSA) is 86.7 Å². The van der Waals surface area contributed by atoms with Gasteiger partial charge < -0.3 is 15.3 Å². The number of piperidine rings is 1. The second-order valence-electron chi connectivity index (χ2n) is 6.49. The molecule has 3 aliphatic rings. The molecule has 0 bridgehead atoms. The maximum atomic E-state index is 12.8. The van der Waals surface area contributed by atoms with E-state index in [4.69, 9.17) is 0 Å². The molecule has 0 radical (unpaired) electrons. The Balaban J connectivity index is 1.80. The van der Waals surface area contributed by atoms with Crippen LogP contribution in [0.2, 0.25) is 0 Å². The van der Waals surface area contributed by atoms with Crippen LogP contribution >= 0.6 is 0 Å². The molecule has 6 heteroatoms. The molecule has 21 heavy (non-hydrogen) atoms. The third-order valence-corrected chi connectivity index (χ3v) is 5.22. The van der Waals surface area contributed by atoms with Gasteiger partial charge in [0.15, 0.2) is 0 Å². The van der Waals surface area contributed by atoms with Crippen molar-refractivity contribution >= 4 is 17.8 Å². The molecule has 0 aromatic rings. The Bertz CT molecular complexity index is 465. The van der Waals surface area contributed by atoms with Crippen LogP contribution in [0.25, 0.3) is 0 Å². The van der Waals surface area contributed by atoms with Crippen molar-refractivity contribution in [2.45, 2.75) is 57.0 Å². The van der Waals surface area contributed by atoms with Gasteiger partial charge in [-0.05, 0) is 31.6 Å². The van der Waals surface area contributed by atoms with Crippen molar-refractivity contribution in [1.82, 2.24) is 10.2 Å². The number of aliphatic carboxylic acids is 1. The molecule has 4 unspecified atom stereocenters. The van der Waals surface area contributed by atoms with Gasteiger partial charge in [0.05, 0.1) is 0 Å². The number of carbonyl (C=O) groups is 3. The standard InChI is InChI=1S/C15H22N2O4/c18-13-8-10(5-6-16-13)14(19)17-11-4-2-1-3-9(11)7-12(17)15(20)21/h9-12H,1-8H2,(H,16,18)(H,20,21). The second-order valence-corrected chi connectivity index (χ2v) is 6.49. The average Bonchev–Trinajstić information content (AvgIpc) is 2.86. The smallest absolute Gasteiger partial charge is 0.326 e. The number of carbonyl (C=O) groups excluding carboxylic acids is 2. The van der Waals surface area contributed by atoms with Gasteiger partial charge in [-0.25, -0.2) is 4.79 Å². The molecule has 2 heterocycles. The fourth-order valence-corrected chi connectivity index (χ4v) is 4.20. The minimum atomic E-state index is -0.905. The highest BCUT2D eigenvalue weighted by molar-refractivity contribution is 5.90. The number of nitrogens with zero attached hydrogens (tertiary/aromatic N) is 1. The van der Waals surface area contributed by atoms with Crippen LogP contribution in [-0.2, 0) is 14.4 Å². The lowest BCUT2D eigenvalue weighted by atomic mass is 9.84. The van der Waals surface area contributed by atoms with Crippen LogP contribution in [0.15, 0.2) is 0 Å². The maximum absolute atomic E-state index is 12.8. The van der Waals surface area contributed by atoms with Gasteiger partial charge in [0.2, 0.25) is 11.8 Å². The molecule has 2 aliphatic heterocycles. The molecule has 0 aromatic heterocycles. The summed E-state index contributed by atoms with van der Waals surface area (Å²) < 4.78 is 0. The molecule has 0 aromatic carbocycles. The van der Waals surface area contributed by atoms with Crippen molar-refractivity contribution in [3.8, 4) is 0 Å². The number of fused-ring (bicyclic) bond motifs is 1. The summed E-state index contributed by atoms with van der Waals surface area (Å²) in [4.78, 5) is 37.4. The number of nitrogens with one attached hydrogen (secondary N) is 1. The summed E-state index contributed by atoms with van der Waals surface area (Å²) >= 11 is 0. The molecule has 1 aliphatic carbocycles. The molecule has 116 valence electrons. The first-order chi connectivity index (χ1) is 10.1.